The lowest BCUT2D eigenvalue weighted by molar-refractivity contribution is 0.411. The number of methoxy groups -OCH3 is 1. The van der Waals surface area contributed by atoms with E-state index in [4.69, 9.17) is 9.15 Å². The zero-order chi connectivity index (χ0) is 13.7. The first-order valence-corrected chi connectivity index (χ1v) is 6.58. The topological polar surface area (TPSA) is 34.4 Å². The minimum absolute atomic E-state index is 0.383. The SMILES string of the molecule is COc1ccc(CNC(C)Cc2ccco2)cc1C. The molecule has 3 nitrogen and oxygen atoms in total. The third-order valence-electron chi connectivity index (χ3n) is 3.20. The standard InChI is InChI=1S/C16H21NO2/c1-12-9-14(6-7-16(12)18-3)11-17-13(2)10-15-5-4-8-19-15/h4-9,13,17H,10-11H2,1-3H3. The Kier molecular flexibility index (Phi) is 4.63. The Labute approximate surface area is 114 Å². The van der Waals surface area contributed by atoms with E-state index in [1.165, 1.54) is 11.1 Å². The monoisotopic (exact) mass is 259 g/mol. The second kappa shape index (κ2) is 6.43. The summed E-state index contributed by atoms with van der Waals surface area (Å²) in [5.41, 5.74) is 2.44. The number of rotatable bonds is 6. The van der Waals surface area contributed by atoms with E-state index >= 15 is 0 Å². The molecule has 1 unspecified atom stereocenters. The summed E-state index contributed by atoms with van der Waals surface area (Å²) in [6, 6.07) is 10.6. The highest BCUT2D eigenvalue weighted by atomic mass is 16.5. The molecule has 0 aliphatic carbocycles. The van der Waals surface area contributed by atoms with Gasteiger partial charge in [0.1, 0.15) is 11.5 Å². The van der Waals surface area contributed by atoms with Crippen molar-refractivity contribution in [1.29, 1.82) is 0 Å². The van der Waals surface area contributed by atoms with E-state index < -0.39 is 0 Å². The van der Waals surface area contributed by atoms with Crippen LogP contribution in [0.3, 0.4) is 0 Å². The molecule has 0 aliphatic heterocycles. The molecule has 0 saturated heterocycles. The van der Waals surface area contributed by atoms with Gasteiger partial charge in [0.25, 0.3) is 0 Å². The van der Waals surface area contributed by atoms with Crippen molar-refractivity contribution < 1.29 is 9.15 Å². The van der Waals surface area contributed by atoms with Gasteiger partial charge in [-0.05, 0) is 43.2 Å². The van der Waals surface area contributed by atoms with Crippen LogP contribution in [0.1, 0.15) is 23.8 Å². The molecule has 2 aromatic rings. The highest BCUT2D eigenvalue weighted by Gasteiger charge is 2.06. The predicted octanol–water partition coefficient (Wildman–Crippen LogP) is 3.32. The first kappa shape index (κ1) is 13.7. The molecule has 0 bridgehead atoms. The maximum atomic E-state index is 5.35. The van der Waals surface area contributed by atoms with Gasteiger partial charge < -0.3 is 14.5 Å². The highest BCUT2D eigenvalue weighted by Crippen LogP contribution is 2.18. The van der Waals surface area contributed by atoms with Gasteiger partial charge in [0, 0.05) is 19.0 Å². The maximum Gasteiger partial charge on any atom is 0.121 e. The Morgan fingerprint density at radius 3 is 2.79 bits per heavy atom. The van der Waals surface area contributed by atoms with Gasteiger partial charge in [-0.1, -0.05) is 12.1 Å². The fourth-order valence-corrected chi connectivity index (χ4v) is 2.15. The molecule has 0 spiro atoms. The van der Waals surface area contributed by atoms with Crippen LogP contribution >= 0.6 is 0 Å². The van der Waals surface area contributed by atoms with Crippen molar-refractivity contribution in [3.8, 4) is 5.75 Å². The number of aryl methyl sites for hydroxylation is 1. The van der Waals surface area contributed by atoms with Crippen molar-refractivity contribution in [3.63, 3.8) is 0 Å². The molecule has 102 valence electrons. The van der Waals surface area contributed by atoms with Gasteiger partial charge >= 0.3 is 0 Å². The average Bonchev–Trinajstić information content (AvgIpc) is 2.89. The first-order chi connectivity index (χ1) is 9.19. The number of hydrogen-bond donors (Lipinski definition) is 1. The van der Waals surface area contributed by atoms with Crippen LogP contribution in [-0.4, -0.2) is 13.2 Å². The Hall–Kier alpha value is -1.74. The molecular formula is C16H21NO2. The summed E-state index contributed by atoms with van der Waals surface area (Å²) in [5.74, 6) is 1.96. The predicted molar refractivity (Wildman–Crippen MR) is 76.4 cm³/mol. The summed E-state index contributed by atoms with van der Waals surface area (Å²) < 4.78 is 10.6. The van der Waals surface area contributed by atoms with Gasteiger partial charge in [0.15, 0.2) is 0 Å². The van der Waals surface area contributed by atoms with Gasteiger partial charge in [-0.25, -0.2) is 0 Å². The molecule has 1 N–H and O–H groups in total. The number of furan rings is 1. The van der Waals surface area contributed by atoms with Crippen LogP contribution in [0.2, 0.25) is 0 Å². The molecule has 19 heavy (non-hydrogen) atoms. The third kappa shape index (κ3) is 3.86. The molecule has 1 aromatic heterocycles. The largest absolute Gasteiger partial charge is 0.496 e. The summed E-state index contributed by atoms with van der Waals surface area (Å²) in [4.78, 5) is 0. The zero-order valence-corrected chi connectivity index (χ0v) is 11.8. The fraction of sp³-hybridized carbons (Fsp3) is 0.375. The van der Waals surface area contributed by atoms with Gasteiger partial charge in [0.2, 0.25) is 0 Å². The molecule has 2 rings (SSSR count). The molecule has 0 saturated carbocycles. The Morgan fingerprint density at radius 1 is 1.32 bits per heavy atom. The van der Waals surface area contributed by atoms with E-state index in [0.29, 0.717) is 6.04 Å². The van der Waals surface area contributed by atoms with Crippen molar-refractivity contribution >= 4 is 0 Å². The van der Waals surface area contributed by atoms with Crippen LogP contribution in [-0.2, 0) is 13.0 Å². The zero-order valence-electron chi connectivity index (χ0n) is 11.8. The molecule has 1 heterocycles. The van der Waals surface area contributed by atoms with E-state index in [1.807, 2.05) is 18.2 Å². The van der Waals surface area contributed by atoms with Crippen LogP contribution in [0.4, 0.5) is 0 Å². The molecule has 0 amide bonds. The van der Waals surface area contributed by atoms with Crippen LogP contribution in [0.25, 0.3) is 0 Å². The van der Waals surface area contributed by atoms with E-state index in [0.717, 1.165) is 24.5 Å². The van der Waals surface area contributed by atoms with E-state index in [-0.39, 0.29) is 0 Å². The second-order valence-electron chi connectivity index (χ2n) is 4.87. The number of ether oxygens (including phenoxy) is 1. The maximum absolute atomic E-state index is 5.35. The first-order valence-electron chi connectivity index (χ1n) is 6.58. The summed E-state index contributed by atoms with van der Waals surface area (Å²) in [7, 11) is 1.70. The minimum atomic E-state index is 0.383. The molecule has 1 aromatic carbocycles. The molecule has 0 radical (unpaired) electrons. The number of hydrogen-bond acceptors (Lipinski definition) is 3. The van der Waals surface area contributed by atoms with E-state index in [1.54, 1.807) is 13.4 Å². The van der Waals surface area contributed by atoms with Crippen LogP contribution in [0.15, 0.2) is 41.0 Å². The van der Waals surface area contributed by atoms with Crippen molar-refractivity contribution in [1.82, 2.24) is 5.32 Å². The van der Waals surface area contributed by atoms with Gasteiger partial charge in [0.05, 0.1) is 13.4 Å². The quantitative estimate of drug-likeness (QED) is 0.864. The summed E-state index contributed by atoms with van der Waals surface area (Å²) in [6.45, 7) is 5.08. The van der Waals surface area contributed by atoms with E-state index in [2.05, 4.69) is 31.3 Å². The van der Waals surface area contributed by atoms with Crippen LogP contribution in [0, 0.1) is 6.92 Å². The Bertz CT molecular complexity index is 505. The fourth-order valence-electron chi connectivity index (χ4n) is 2.15. The molecule has 3 heteroatoms. The Balaban J connectivity index is 1.86. The smallest absolute Gasteiger partial charge is 0.121 e. The minimum Gasteiger partial charge on any atom is -0.496 e. The molecule has 0 fully saturated rings. The van der Waals surface area contributed by atoms with Crippen molar-refractivity contribution in [3.05, 3.63) is 53.5 Å². The highest BCUT2D eigenvalue weighted by molar-refractivity contribution is 5.36. The number of benzene rings is 1. The van der Waals surface area contributed by atoms with Crippen molar-refractivity contribution in [2.75, 3.05) is 7.11 Å². The van der Waals surface area contributed by atoms with Crippen molar-refractivity contribution in [2.45, 2.75) is 32.9 Å². The lowest BCUT2D eigenvalue weighted by Gasteiger charge is -2.13. The van der Waals surface area contributed by atoms with Crippen LogP contribution in [0.5, 0.6) is 5.75 Å². The van der Waals surface area contributed by atoms with Crippen molar-refractivity contribution in [2.24, 2.45) is 0 Å². The van der Waals surface area contributed by atoms with E-state index in [9.17, 15) is 0 Å². The lowest BCUT2D eigenvalue weighted by Crippen LogP contribution is -2.27. The lowest BCUT2D eigenvalue weighted by atomic mass is 10.1. The molecular weight excluding hydrogens is 238 g/mol. The third-order valence-corrected chi connectivity index (χ3v) is 3.20. The molecule has 1 atom stereocenters. The summed E-state index contributed by atoms with van der Waals surface area (Å²) in [6.07, 6.45) is 2.62. The molecule has 0 aliphatic rings. The summed E-state index contributed by atoms with van der Waals surface area (Å²) in [5, 5.41) is 3.50. The van der Waals surface area contributed by atoms with Gasteiger partial charge in [-0.2, -0.15) is 0 Å². The van der Waals surface area contributed by atoms with Gasteiger partial charge in [-0.3, -0.25) is 0 Å². The normalized spacial score (nSPS) is 12.4. The number of nitrogens with one attached hydrogen (secondary N) is 1. The van der Waals surface area contributed by atoms with Crippen LogP contribution < -0.4 is 10.1 Å². The Morgan fingerprint density at radius 2 is 2.16 bits per heavy atom. The average molecular weight is 259 g/mol. The summed E-state index contributed by atoms with van der Waals surface area (Å²) >= 11 is 0. The van der Waals surface area contributed by atoms with Gasteiger partial charge in [-0.15, -0.1) is 0 Å². The second-order valence-corrected chi connectivity index (χ2v) is 4.87.